The lowest BCUT2D eigenvalue weighted by Crippen LogP contribution is -2.22. The highest BCUT2D eigenvalue weighted by molar-refractivity contribution is 6.30. The topological polar surface area (TPSA) is 44.5 Å². The summed E-state index contributed by atoms with van der Waals surface area (Å²) < 4.78 is 11.0. The van der Waals surface area contributed by atoms with E-state index in [0.29, 0.717) is 29.7 Å². The lowest BCUT2D eigenvalue weighted by molar-refractivity contribution is -0.0162. The maximum absolute atomic E-state index is 5.78. The average Bonchev–Trinajstić information content (AvgIpc) is 2.13. The minimum Gasteiger partial charge on any atom is -0.489 e. The number of hydrogen-bond acceptors (Lipinski definition) is 3. The van der Waals surface area contributed by atoms with Crippen molar-refractivity contribution in [1.29, 1.82) is 0 Å². The number of nitrogen functional groups attached to an aromatic ring is 1. The van der Waals surface area contributed by atoms with E-state index in [0.717, 1.165) is 0 Å². The summed E-state index contributed by atoms with van der Waals surface area (Å²) in [6, 6.07) is 5.17. The van der Waals surface area contributed by atoms with Crippen molar-refractivity contribution in [3.8, 4) is 5.75 Å². The second-order valence-electron chi connectivity index (χ2n) is 4.49. The fourth-order valence-corrected chi connectivity index (χ4v) is 1.33. The molecule has 0 aliphatic carbocycles. The molecule has 90 valence electrons. The van der Waals surface area contributed by atoms with Gasteiger partial charge in [0.1, 0.15) is 12.4 Å². The van der Waals surface area contributed by atoms with Gasteiger partial charge in [-0.15, -0.1) is 0 Å². The molecule has 3 nitrogen and oxygen atoms in total. The Labute approximate surface area is 101 Å². The second kappa shape index (κ2) is 5.41. The van der Waals surface area contributed by atoms with Gasteiger partial charge in [-0.05, 0) is 39.0 Å². The Morgan fingerprint density at radius 1 is 1.25 bits per heavy atom. The summed E-state index contributed by atoms with van der Waals surface area (Å²) in [7, 11) is 0. The highest BCUT2D eigenvalue weighted by Gasteiger charge is 2.09. The van der Waals surface area contributed by atoms with E-state index in [1.54, 1.807) is 18.2 Å². The molecule has 0 heterocycles. The third-order valence-electron chi connectivity index (χ3n) is 1.85. The van der Waals surface area contributed by atoms with Crippen LogP contribution >= 0.6 is 11.6 Å². The number of halogens is 1. The van der Waals surface area contributed by atoms with Gasteiger partial charge >= 0.3 is 0 Å². The molecule has 0 amide bonds. The van der Waals surface area contributed by atoms with E-state index in [-0.39, 0.29) is 5.60 Å². The molecule has 0 aliphatic heterocycles. The zero-order chi connectivity index (χ0) is 12.2. The van der Waals surface area contributed by atoms with Crippen LogP contribution in [0.2, 0.25) is 5.02 Å². The highest BCUT2D eigenvalue weighted by Crippen LogP contribution is 2.24. The molecule has 0 aromatic heterocycles. The van der Waals surface area contributed by atoms with E-state index in [4.69, 9.17) is 26.8 Å². The molecule has 1 rings (SSSR count). The van der Waals surface area contributed by atoms with Gasteiger partial charge in [0, 0.05) is 5.02 Å². The maximum Gasteiger partial charge on any atom is 0.142 e. The molecule has 0 atom stereocenters. The maximum atomic E-state index is 5.78. The smallest absolute Gasteiger partial charge is 0.142 e. The molecule has 1 aromatic carbocycles. The molecule has 16 heavy (non-hydrogen) atoms. The van der Waals surface area contributed by atoms with Crippen LogP contribution in [0.25, 0.3) is 0 Å². The Kier molecular flexibility index (Phi) is 4.44. The molecule has 0 aliphatic rings. The molecule has 2 N–H and O–H groups in total. The first kappa shape index (κ1) is 13.1. The van der Waals surface area contributed by atoms with Gasteiger partial charge in [-0.25, -0.2) is 0 Å². The van der Waals surface area contributed by atoms with Crippen molar-refractivity contribution in [2.24, 2.45) is 0 Å². The first-order valence-electron chi connectivity index (χ1n) is 5.20. The normalized spacial score (nSPS) is 11.5. The van der Waals surface area contributed by atoms with Crippen LogP contribution in [-0.4, -0.2) is 18.8 Å². The van der Waals surface area contributed by atoms with Crippen LogP contribution in [0.15, 0.2) is 18.2 Å². The third kappa shape index (κ3) is 4.73. The number of anilines is 1. The minimum atomic E-state index is -0.144. The largest absolute Gasteiger partial charge is 0.489 e. The molecule has 4 heteroatoms. The Morgan fingerprint density at radius 2 is 1.94 bits per heavy atom. The second-order valence-corrected chi connectivity index (χ2v) is 4.93. The van der Waals surface area contributed by atoms with Crippen molar-refractivity contribution < 1.29 is 9.47 Å². The zero-order valence-corrected chi connectivity index (χ0v) is 10.7. The average molecular weight is 244 g/mol. The van der Waals surface area contributed by atoms with Gasteiger partial charge in [0.05, 0.1) is 17.9 Å². The minimum absolute atomic E-state index is 0.144. The van der Waals surface area contributed by atoms with Gasteiger partial charge in [-0.1, -0.05) is 11.6 Å². The fourth-order valence-electron chi connectivity index (χ4n) is 1.15. The molecule has 0 spiro atoms. The van der Waals surface area contributed by atoms with Crippen LogP contribution < -0.4 is 10.5 Å². The van der Waals surface area contributed by atoms with Crippen LogP contribution in [0.4, 0.5) is 5.69 Å². The summed E-state index contributed by atoms with van der Waals surface area (Å²) in [5.41, 5.74) is 6.14. The van der Waals surface area contributed by atoms with E-state index in [1.807, 2.05) is 20.8 Å². The lowest BCUT2D eigenvalue weighted by Gasteiger charge is -2.19. The van der Waals surface area contributed by atoms with Gasteiger partial charge in [-0.2, -0.15) is 0 Å². The van der Waals surface area contributed by atoms with Gasteiger partial charge in [0.2, 0.25) is 0 Å². The number of rotatable bonds is 4. The van der Waals surface area contributed by atoms with Crippen LogP contribution in [0.1, 0.15) is 20.8 Å². The van der Waals surface area contributed by atoms with Gasteiger partial charge in [-0.3, -0.25) is 0 Å². The number of nitrogens with two attached hydrogens (primary N) is 1. The molecule has 0 fully saturated rings. The molecular formula is C12H18ClNO2. The fraction of sp³-hybridized carbons (Fsp3) is 0.500. The van der Waals surface area contributed by atoms with Crippen LogP contribution in [0.5, 0.6) is 5.75 Å². The summed E-state index contributed by atoms with van der Waals surface area (Å²) >= 11 is 5.78. The molecule has 0 unspecified atom stereocenters. The highest BCUT2D eigenvalue weighted by atomic mass is 35.5. The molecule has 0 saturated carbocycles. The van der Waals surface area contributed by atoms with Gasteiger partial charge in [0.25, 0.3) is 0 Å². The van der Waals surface area contributed by atoms with E-state index >= 15 is 0 Å². The van der Waals surface area contributed by atoms with E-state index < -0.39 is 0 Å². The molecule has 1 aromatic rings. The summed E-state index contributed by atoms with van der Waals surface area (Å²) in [5, 5.41) is 0.607. The summed E-state index contributed by atoms with van der Waals surface area (Å²) in [6.45, 7) is 7.02. The molecular weight excluding hydrogens is 226 g/mol. The van der Waals surface area contributed by atoms with E-state index in [9.17, 15) is 0 Å². The van der Waals surface area contributed by atoms with Crippen molar-refractivity contribution >= 4 is 17.3 Å². The molecule has 0 saturated heterocycles. The summed E-state index contributed by atoms with van der Waals surface area (Å²) in [4.78, 5) is 0. The predicted molar refractivity (Wildman–Crippen MR) is 67.1 cm³/mol. The molecule has 0 radical (unpaired) electrons. The summed E-state index contributed by atoms with van der Waals surface area (Å²) in [5.74, 6) is 0.641. The van der Waals surface area contributed by atoms with Crippen molar-refractivity contribution in [3.63, 3.8) is 0 Å². The monoisotopic (exact) mass is 243 g/mol. The van der Waals surface area contributed by atoms with Crippen molar-refractivity contribution in [2.45, 2.75) is 26.4 Å². The SMILES string of the molecule is CC(C)(C)OCCOc1ccc(Cl)cc1N. The number of ether oxygens (including phenoxy) is 2. The molecule has 0 bridgehead atoms. The number of benzene rings is 1. The van der Waals surface area contributed by atoms with Gasteiger partial charge < -0.3 is 15.2 Å². The van der Waals surface area contributed by atoms with Crippen molar-refractivity contribution in [2.75, 3.05) is 18.9 Å². The first-order chi connectivity index (χ1) is 7.38. The lowest BCUT2D eigenvalue weighted by atomic mass is 10.2. The first-order valence-corrected chi connectivity index (χ1v) is 5.58. The third-order valence-corrected chi connectivity index (χ3v) is 2.08. The van der Waals surface area contributed by atoms with E-state index in [2.05, 4.69) is 0 Å². The Bertz CT molecular complexity index is 347. The Hall–Kier alpha value is -0.930. The predicted octanol–water partition coefficient (Wildman–Crippen LogP) is 3.12. The van der Waals surface area contributed by atoms with Crippen LogP contribution in [0, 0.1) is 0 Å². The van der Waals surface area contributed by atoms with E-state index in [1.165, 1.54) is 0 Å². The standard InChI is InChI=1S/C12H18ClNO2/c1-12(2,3)16-7-6-15-11-5-4-9(13)8-10(11)14/h4-5,8H,6-7,14H2,1-3H3. The Morgan fingerprint density at radius 3 is 2.50 bits per heavy atom. The van der Waals surface area contributed by atoms with Crippen LogP contribution in [0.3, 0.4) is 0 Å². The van der Waals surface area contributed by atoms with Gasteiger partial charge in [0.15, 0.2) is 0 Å². The van der Waals surface area contributed by atoms with Crippen LogP contribution in [-0.2, 0) is 4.74 Å². The van der Waals surface area contributed by atoms with Crippen molar-refractivity contribution in [3.05, 3.63) is 23.2 Å². The quantitative estimate of drug-likeness (QED) is 0.653. The summed E-state index contributed by atoms with van der Waals surface area (Å²) in [6.07, 6.45) is 0. The Balaban J connectivity index is 2.38. The zero-order valence-electron chi connectivity index (χ0n) is 9.92. The van der Waals surface area contributed by atoms with Crippen molar-refractivity contribution in [1.82, 2.24) is 0 Å². The number of hydrogen-bond donors (Lipinski definition) is 1.